The molecule has 0 bridgehead atoms. The lowest BCUT2D eigenvalue weighted by molar-refractivity contribution is 0.0998. The van der Waals surface area contributed by atoms with E-state index in [1.165, 1.54) is 5.56 Å². The van der Waals surface area contributed by atoms with Crippen molar-refractivity contribution in [2.24, 2.45) is 0 Å². The summed E-state index contributed by atoms with van der Waals surface area (Å²) in [5, 5.41) is 4.90. The number of hydrogen-bond acceptors (Lipinski definition) is 3. The van der Waals surface area contributed by atoms with E-state index in [9.17, 15) is 4.79 Å². The third kappa shape index (κ3) is 2.66. The molecule has 0 atom stereocenters. The van der Waals surface area contributed by atoms with Crippen LogP contribution in [0.3, 0.4) is 0 Å². The van der Waals surface area contributed by atoms with Crippen LogP contribution in [0, 0.1) is 6.92 Å². The summed E-state index contributed by atoms with van der Waals surface area (Å²) < 4.78 is 5.81. The summed E-state index contributed by atoms with van der Waals surface area (Å²) in [5.41, 5.74) is 4.26. The van der Waals surface area contributed by atoms with Crippen LogP contribution in [0.5, 0.6) is 0 Å². The van der Waals surface area contributed by atoms with E-state index in [2.05, 4.69) is 23.3 Å². The molecule has 0 unspecified atom stereocenters. The summed E-state index contributed by atoms with van der Waals surface area (Å²) in [5.74, 6) is 0.0843. The largest absolute Gasteiger partial charge is 0.451 e. The Morgan fingerprint density at radius 1 is 1.16 bits per heavy atom. The average Bonchev–Trinajstić information content (AvgIpc) is 2.98. The Labute approximate surface area is 145 Å². The van der Waals surface area contributed by atoms with Gasteiger partial charge in [-0.1, -0.05) is 31.2 Å². The van der Waals surface area contributed by atoms with Crippen LogP contribution < -0.4 is 5.32 Å². The first kappa shape index (κ1) is 15.4. The monoisotopic (exact) mass is 330 g/mol. The molecule has 1 amide bonds. The molecule has 0 radical (unpaired) electrons. The number of hydrogen-bond donors (Lipinski definition) is 1. The van der Waals surface area contributed by atoms with Crippen molar-refractivity contribution in [1.82, 2.24) is 4.98 Å². The summed E-state index contributed by atoms with van der Waals surface area (Å²) in [6, 6.07) is 15.6. The van der Waals surface area contributed by atoms with E-state index in [0.29, 0.717) is 11.4 Å². The van der Waals surface area contributed by atoms with Gasteiger partial charge in [-0.25, -0.2) is 0 Å². The zero-order chi connectivity index (χ0) is 17.4. The van der Waals surface area contributed by atoms with Gasteiger partial charge in [0.05, 0.1) is 11.2 Å². The molecular formula is C21H18N2O2. The number of carbonyl (C=O) groups excluding carboxylic acids is 1. The summed E-state index contributed by atoms with van der Waals surface area (Å²) in [7, 11) is 0. The van der Waals surface area contributed by atoms with E-state index in [1.54, 1.807) is 6.20 Å². The Hall–Kier alpha value is -3.14. The second-order valence-electron chi connectivity index (χ2n) is 6.08. The summed E-state index contributed by atoms with van der Waals surface area (Å²) in [6.07, 6.45) is 2.67. The normalized spacial score (nSPS) is 11.1. The average molecular weight is 330 g/mol. The van der Waals surface area contributed by atoms with Crippen molar-refractivity contribution in [3.63, 3.8) is 0 Å². The maximum Gasteiger partial charge on any atom is 0.291 e. The lowest BCUT2D eigenvalue weighted by Gasteiger charge is -2.07. The highest BCUT2D eigenvalue weighted by Crippen LogP contribution is 2.28. The van der Waals surface area contributed by atoms with Gasteiger partial charge in [-0.3, -0.25) is 9.78 Å². The number of furan rings is 1. The molecule has 4 rings (SSSR count). The molecule has 25 heavy (non-hydrogen) atoms. The van der Waals surface area contributed by atoms with Crippen molar-refractivity contribution in [3.8, 4) is 0 Å². The van der Waals surface area contributed by atoms with Gasteiger partial charge in [-0.05, 0) is 43.2 Å². The number of benzene rings is 2. The summed E-state index contributed by atoms with van der Waals surface area (Å²) >= 11 is 0. The third-order valence-electron chi connectivity index (χ3n) is 4.50. The molecule has 0 spiro atoms. The van der Waals surface area contributed by atoms with Crippen LogP contribution in [0.25, 0.3) is 21.9 Å². The number of aromatic nitrogens is 1. The topological polar surface area (TPSA) is 55.1 Å². The van der Waals surface area contributed by atoms with Gasteiger partial charge < -0.3 is 9.73 Å². The summed E-state index contributed by atoms with van der Waals surface area (Å²) in [4.78, 5) is 17.1. The Kier molecular flexibility index (Phi) is 3.73. The first-order valence-corrected chi connectivity index (χ1v) is 8.34. The Balaban J connectivity index is 1.73. The van der Waals surface area contributed by atoms with Crippen molar-refractivity contribution < 1.29 is 9.21 Å². The number of aryl methyl sites for hydroxylation is 2. The molecule has 0 fully saturated rings. The zero-order valence-corrected chi connectivity index (χ0v) is 14.2. The fraction of sp³-hybridized carbons (Fsp3) is 0.143. The van der Waals surface area contributed by atoms with Gasteiger partial charge in [-0.15, -0.1) is 0 Å². The summed E-state index contributed by atoms with van der Waals surface area (Å²) in [6.45, 7) is 4.03. The molecule has 4 heteroatoms. The van der Waals surface area contributed by atoms with E-state index in [1.807, 2.05) is 49.4 Å². The maximum atomic E-state index is 12.8. The third-order valence-corrected chi connectivity index (χ3v) is 4.50. The van der Waals surface area contributed by atoms with Gasteiger partial charge in [0.25, 0.3) is 5.91 Å². The second-order valence-corrected chi connectivity index (χ2v) is 6.08. The van der Waals surface area contributed by atoms with Crippen LogP contribution in [0.15, 0.2) is 59.1 Å². The molecule has 0 saturated heterocycles. The minimum Gasteiger partial charge on any atom is -0.451 e. The van der Waals surface area contributed by atoms with Crippen molar-refractivity contribution in [1.29, 1.82) is 0 Å². The van der Waals surface area contributed by atoms with Crippen molar-refractivity contribution >= 4 is 33.5 Å². The first-order valence-electron chi connectivity index (χ1n) is 8.34. The number of nitrogens with zero attached hydrogens (tertiary/aromatic N) is 1. The molecule has 124 valence electrons. The number of para-hydroxylation sites is 1. The molecule has 2 heterocycles. The van der Waals surface area contributed by atoms with Crippen LogP contribution in [-0.2, 0) is 6.42 Å². The van der Waals surface area contributed by atoms with Crippen molar-refractivity contribution in [3.05, 3.63) is 71.6 Å². The minimum absolute atomic E-state index is 0.259. The number of amides is 1. The molecular weight excluding hydrogens is 312 g/mol. The lowest BCUT2D eigenvalue weighted by Crippen LogP contribution is -2.12. The molecule has 4 aromatic rings. The van der Waals surface area contributed by atoms with E-state index in [-0.39, 0.29) is 5.91 Å². The molecule has 2 aromatic heterocycles. The number of anilines is 1. The van der Waals surface area contributed by atoms with E-state index >= 15 is 0 Å². The number of nitrogens with one attached hydrogen (secondary N) is 1. The predicted octanol–water partition coefficient (Wildman–Crippen LogP) is 5.10. The SMILES string of the molecule is CCc1ccc2oc(C(=O)Nc3cccc4cccnc34)c(C)c2c1. The second kappa shape index (κ2) is 6.06. The van der Waals surface area contributed by atoms with Crippen LogP contribution >= 0.6 is 0 Å². The van der Waals surface area contributed by atoms with E-state index in [4.69, 9.17) is 4.42 Å². The van der Waals surface area contributed by atoms with Gasteiger partial charge in [0.2, 0.25) is 0 Å². The number of rotatable bonds is 3. The number of carbonyl (C=O) groups is 1. The molecule has 4 nitrogen and oxygen atoms in total. The Morgan fingerprint density at radius 3 is 2.84 bits per heavy atom. The van der Waals surface area contributed by atoms with Gasteiger partial charge in [0.1, 0.15) is 5.58 Å². The fourth-order valence-corrected chi connectivity index (χ4v) is 3.09. The quantitative estimate of drug-likeness (QED) is 0.568. The number of pyridine rings is 1. The highest BCUT2D eigenvalue weighted by Gasteiger charge is 2.18. The molecule has 0 saturated carbocycles. The van der Waals surface area contributed by atoms with Crippen LogP contribution in [0.2, 0.25) is 0 Å². The number of fused-ring (bicyclic) bond motifs is 2. The van der Waals surface area contributed by atoms with E-state index < -0.39 is 0 Å². The van der Waals surface area contributed by atoms with Crippen LogP contribution in [-0.4, -0.2) is 10.9 Å². The molecule has 1 N–H and O–H groups in total. The van der Waals surface area contributed by atoms with E-state index in [0.717, 1.165) is 33.9 Å². The smallest absolute Gasteiger partial charge is 0.291 e. The lowest BCUT2D eigenvalue weighted by atomic mass is 10.1. The molecule has 0 aliphatic carbocycles. The predicted molar refractivity (Wildman–Crippen MR) is 100 cm³/mol. The standard InChI is InChI=1S/C21H18N2O2/c1-3-14-9-10-18-16(12-14)13(2)20(25-18)21(24)23-17-8-4-6-15-7-5-11-22-19(15)17/h4-12H,3H2,1-2H3,(H,23,24). The highest BCUT2D eigenvalue weighted by molar-refractivity contribution is 6.09. The zero-order valence-electron chi connectivity index (χ0n) is 14.2. The fourth-order valence-electron chi connectivity index (χ4n) is 3.09. The van der Waals surface area contributed by atoms with Gasteiger partial charge in [-0.2, -0.15) is 0 Å². The minimum atomic E-state index is -0.259. The first-order chi connectivity index (χ1) is 12.2. The van der Waals surface area contributed by atoms with Gasteiger partial charge in [0.15, 0.2) is 5.76 Å². The highest BCUT2D eigenvalue weighted by atomic mass is 16.3. The van der Waals surface area contributed by atoms with Crippen molar-refractivity contribution in [2.75, 3.05) is 5.32 Å². The Morgan fingerprint density at radius 2 is 2.00 bits per heavy atom. The maximum absolute atomic E-state index is 12.8. The van der Waals surface area contributed by atoms with Crippen LogP contribution in [0.4, 0.5) is 5.69 Å². The van der Waals surface area contributed by atoms with Gasteiger partial charge >= 0.3 is 0 Å². The van der Waals surface area contributed by atoms with Crippen molar-refractivity contribution in [2.45, 2.75) is 20.3 Å². The molecule has 0 aliphatic rings. The Bertz CT molecular complexity index is 1090. The van der Waals surface area contributed by atoms with Crippen LogP contribution in [0.1, 0.15) is 28.6 Å². The van der Waals surface area contributed by atoms with Gasteiger partial charge in [0, 0.05) is 22.5 Å². The molecule has 2 aromatic carbocycles. The molecule has 0 aliphatic heterocycles.